The molecular formula is C71H48N2. The molecule has 0 amide bonds. The van der Waals surface area contributed by atoms with Crippen molar-refractivity contribution in [2.45, 2.75) is 5.41 Å². The molecule has 1 aliphatic rings. The van der Waals surface area contributed by atoms with Crippen molar-refractivity contribution in [1.82, 2.24) is 4.57 Å². The van der Waals surface area contributed by atoms with E-state index < -0.39 is 5.41 Å². The fourth-order valence-corrected chi connectivity index (χ4v) is 11.9. The largest absolute Gasteiger partial charge is 0.310 e. The molecule has 0 bridgehead atoms. The standard InChI is InChI=1S/C71H48N2/c1-4-18-49(19-5-1)50-34-41-59(42-35-50)73-69-32-15-13-30-64(69)65-47-55(38-45-70(65)73)54-23-16-22-53(46-54)51-36-39-58(40-37-51)72(68-33-17-21-52-20-10-11-28-61(52)68)60-43-44-63-62-29-12-14-31-66(62)71(67(63)48-60,56-24-6-2-7-25-56)57-26-8-3-9-27-57/h1-48H. The summed E-state index contributed by atoms with van der Waals surface area (Å²) in [6, 6.07) is 107. The maximum Gasteiger partial charge on any atom is 0.0714 e. The van der Waals surface area contributed by atoms with Gasteiger partial charge in [-0.1, -0.05) is 224 Å². The predicted octanol–water partition coefficient (Wildman–Crippen LogP) is 18.8. The van der Waals surface area contributed by atoms with Crippen LogP contribution in [-0.4, -0.2) is 4.57 Å². The van der Waals surface area contributed by atoms with Gasteiger partial charge in [0, 0.05) is 33.2 Å². The highest BCUT2D eigenvalue weighted by Crippen LogP contribution is 2.57. The third kappa shape index (κ3) is 6.94. The van der Waals surface area contributed by atoms with E-state index in [1.165, 1.54) is 93.8 Å². The lowest BCUT2D eigenvalue weighted by Crippen LogP contribution is -2.28. The Balaban J connectivity index is 0.860. The van der Waals surface area contributed by atoms with E-state index in [-0.39, 0.29) is 0 Å². The molecule has 342 valence electrons. The zero-order valence-corrected chi connectivity index (χ0v) is 40.1. The van der Waals surface area contributed by atoms with Gasteiger partial charge in [0.25, 0.3) is 0 Å². The normalized spacial score (nSPS) is 12.5. The van der Waals surface area contributed by atoms with Crippen LogP contribution >= 0.6 is 0 Å². The van der Waals surface area contributed by atoms with Crippen LogP contribution in [-0.2, 0) is 5.41 Å². The number of benzene rings is 12. The van der Waals surface area contributed by atoms with Gasteiger partial charge in [-0.3, -0.25) is 0 Å². The van der Waals surface area contributed by atoms with Crippen LogP contribution in [0.15, 0.2) is 291 Å². The van der Waals surface area contributed by atoms with E-state index >= 15 is 0 Å². The molecule has 0 radical (unpaired) electrons. The van der Waals surface area contributed by atoms with Gasteiger partial charge in [0.2, 0.25) is 0 Å². The predicted molar refractivity (Wildman–Crippen MR) is 307 cm³/mol. The third-order valence-electron chi connectivity index (χ3n) is 15.3. The van der Waals surface area contributed by atoms with Crippen molar-refractivity contribution in [1.29, 1.82) is 0 Å². The number of aromatic nitrogens is 1. The number of hydrogen-bond donors (Lipinski definition) is 0. The number of rotatable bonds is 9. The summed E-state index contributed by atoms with van der Waals surface area (Å²) in [6.45, 7) is 0. The zero-order chi connectivity index (χ0) is 48.3. The molecule has 0 unspecified atom stereocenters. The van der Waals surface area contributed by atoms with Gasteiger partial charge in [-0.15, -0.1) is 0 Å². The highest BCUT2D eigenvalue weighted by Gasteiger charge is 2.46. The highest BCUT2D eigenvalue weighted by molar-refractivity contribution is 6.10. The third-order valence-corrected chi connectivity index (χ3v) is 15.3. The minimum atomic E-state index is -0.513. The van der Waals surface area contributed by atoms with E-state index in [4.69, 9.17) is 0 Å². The molecule has 13 aromatic rings. The Bertz CT molecular complexity index is 4130. The second-order valence-corrected chi connectivity index (χ2v) is 19.2. The summed E-state index contributed by atoms with van der Waals surface area (Å²) in [6.07, 6.45) is 0. The maximum atomic E-state index is 2.46. The molecule has 2 nitrogen and oxygen atoms in total. The molecular weight excluding hydrogens is 881 g/mol. The van der Waals surface area contributed by atoms with E-state index in [1.54, 1.807) is 0 Å². The lowest BCUT2D eigenvalue weighted by atomic mass is 9.67. The minimum Gasteiger partial charge on any atom is -0.310 e. The van der Waals surface area contributed by atoms with Crippen molar-refractivity contribution in [3.8, 4) is 50.2 Å². The number of fused-ring (bicyclic) bond motifs is 7. The fourth-order valence-electron chi connectivity index (χ4n) is 11.9. The van der Waals surface area contributed by atoms with Crippen LogP contribution in [0.3, 0.4) is 0 Å². The van der Waals surface area contributed by atoms with Crippen LogP contribution in [0, 0.1) is 0 Å². The molecule has 0 saturated carbocycles. The molecule has 0 atom stereocenters. The highest BCUT2D eigenvalue weighted by atomic mass is 15.1. The van der Waals surface area contributed by atoms with Crippen molar-refractivity contribution in [2.24, 2.45) is 0 Å². The van der Waals surface area contributed by atoms with E-state index in [9.17, 15) is 0 Å². The van der Waals surface area contributed by atoms with Gasteiger partial charge in [-0.05, 0) is 139 Å². The van der Waals surface area contributed by atoms with E-state index in [0.29, 0.717) is 0 Å². The van der Waals surface area contributed by atoms with Gasteiger partial charge in [0.05, 0.1) is 22.1 Å². The maximum absolute atomic E-state index is 2.46. The van der Waals surface area contributed by atoms with Crippen LogP contribution in [0.5, 0.6) is 0 Å². The Morgan fingerprint density at radius 2 is 0.795 bits per heavy atom. The first kappa shape index (κ1) is 42.4. The van der Waals surface area contributed by atoms with Gasteiger partial charge in [0.15, 0.2) is 0 Å². The van der Waals surface area contributed by atoms with Gasteiger partial charge >= 0.3 is 0 Å². The van der Waals surface area contributed by atoms with Crippen LogP contribution in [0.4, 0.5) is 17.1 Å². The van der Waals surface area contributed by atoms with Gasteiger partial charge in [-0.2, -0.15) is 0 Å². The fraction of sp³-hybridized carbons (Fsp3) is 0.0141. The van der Waals surface area contributed by atoms with Crippen molar-refractivity contribution >= 4 is 49.6 Å². The quantitative estimate of drug-likeness (QED) is 0.140. The van der Waals surface area contributed by atoms with Crippen LogP contribution < -0.4 is 4.90 Å². The smallest absolute Gasteiger partial charge is 0.0714 e. The Hall–Kier alpha value is -9.50. The summed E-state index contributed by atoms with van der Waals surface area (Å²) >= 11 is 0. The van der Waals surface area contributed by atoms with E-state index in [1.807, 2.05) is 0 Å². The lowest BCUT2D eigenvalue weighted by Gasteiger charge is -2.35. The Labute approximate surface area is 426 Å². The number of anilines is 3. The first-order valence-electron chi connectivity index (χ1n) is 25.2. The van der Waals surface area contributed by atoms with Gasteiger partial charge < -0.3 is 9.47 Å². The molecule has 0 saturated heterocycles. The summed E-state index contributed by atoms with van der Waals surface area (Å²) in [5.41, 5.74) is 21.1. The molecule has 1 heterocycles. The molecule has 0 spiro atoms. The molecule has 0 N–H and O–H groups in total. The average molecular weight is 929 g/mol. The molecule has 12 aromatic carbocycles. The Kier molecular flexibility index (Phi) is 10.1. The topological polar surface area (TPSA) is 8.17 Å². The summed E-state index contributed by atoms with van der Waals surface area (Å²) < 4.78 is 2.40. The first-order valence-corrected chi connectivity index (χ1v) is 25.2. The Morgan fingerprint density at radius 1 is 0.288 bits per heavy atom. The summed E-state index contributed by atoms with van der Waals surface area (Å²) in [4.78, 5) is 2.45. The van der Waals surface area contributed by atoms with Crippen LogP contribution in [0.1, 0.15) is 22.3 Å². The molecule has 14 rings (SSSR count). The SMILES string of the molecule is c1ccc(-c2ccc(-n3c4ccccc4c4cc(-c5cccc(-c6ccc(N(c7ccc8c(c7)C(c7ccccc7)(c7ccccc7)c7ccccc7-8)c7cccc8ccccc78)cc6)c5)ccc43)cc2)cc1. The van der Waals surface area contributed by atoms with Crippen molar-refractivity contribution < 1.29 is 0 Å². The van der Waals surface area contributed by atoms with Crippen molar-refractivity contribution in [3.63, 3.8) is 0 Å². The first-order chi connectivity index (χ1) is 36.2. The molecule has 0 aliphatic heterocycles. The van der Waals surface area contributed by atoms with Crippen LogP contribution in [0.25, 0.3) is 82.8 Å². The van der Waals surface area contributed by atoms with Gasteiger partial charge in [0.1, 0.15) is 0 Å². The molecule has 0 fully saturated rings. The number of nitrogens with zero attached hydrogens (tertiary/aromatic N) is 2. The van der Waals surface area contributed by atoms with Gasteiger partial charge in [-0.25, -0.2) is 0 Å². The van der Waals surface area contributed by atoms with Crippen molar-refractivity contribution in [3.05, 3.63) is 313 Å². The average Bonchev–Trinajstić information content (AvgIpc) is 3.96. The minimum absolute atomic E-state index is 0.513. The summed E-state index contributed by atoms with van der Waals surface area (Å²) in [5, 5.41) is 4.88. The zero-order valence-electron chi connectivity index (χ0n) is 40.1. The van der Waals surface area contributed by atoms with E-state index in [2.05, 4.69) is 301 Å². The number of para-hydroxylation sites is 1. The Morgan fingerprint density at radius 3 is 1.56 bits per heavy atom. The molecule has 1 aromatic heterocycles. The molecule has 1 aliphatic carbocycles. The number of hydrogen-bond acceptors (Lipinski definition) is 1. The lowest BCUT2D eigenvalue weighted by molar-refractivity contribution is 0.768. The van der Waals surface area contributed by atoms with Crippen molar-refractivity contribution in [2.75, 3.05) is 4.90 Å². The van der Waals surface area contributed by atoms with Crippen LogP contribution in [0.2, 0.25) is 0 Å². The van der Waals surface area contributed by atoms with E-state index in [0.717, 1.165) is 28.3 Å². The second kappa shape index (κ2) is 17.4. The second-order valence-electron chi connectivity index (χ2n) is 19.2. The molecule has 73 heavy (non-hydrogen) atoms. The monoisotopic (exact) mass is 928 g/mol. The summed E-state index contributed by atoms with van der Waals surface area (Å²) in [5.74, 6) is 0. The summed E-state index contributed by atoms with van der Waals surface area (Å²) in [7, 11) is 0. The molecule has 2 heteroatoms.